The predicted molar refractivity (Wildman–Crippen MR) is 76.1 cm³/mol. The van der Waals surface area contributed by atoms with E-state index in [2.05, 4.69) is 5.32 Å². The van der Waals surface area contributed by atoms with Crippen LogP contribution in [0.3, 0.4) is 0 Å². The Morgan fingerprint density at radius 1 is 1.15 bits per heavy atom. The molecule has 0 bridgehead atoms. The van der Waals surface area contributed by atoms with Crippen LogP contribution in [0.2, 0.25) is 0 Å². The number of carbonyl (C=O) groups is 2. The number of amides is 1. The number of hydrogen-bond donors (Lipinski definition) is 3. The maximum Gasteiger partial charge on any atom is 0.306 e. The third-order valence-electron chi connectivity index (χ3n) is 4.75. The smallest absolute Gasteiger partial charge is 0.306 e. The average Bonchev–Trinajstić information content (AvgIpc) is 2.39. The van der Waals surface area contributed by atoms with E-state index in [1.165, 1.54) is 6.42 Å². The summed E-state index contributed by atoms with van der Waals surface area (Å²) in [5.41, 5.74) is 5.94. The zero-order valence-electron chi connectivity index (χ0n) is 12.1. The maximum atomic E-state index is 12.1. The summed E-state index contributed by atoms with van der Waals surface area (Å²) in [6.07, 6.45) is 8.67. The lowest BCUT2D eigenvalue weighted by molar-refractivity contribution is -0.143. The van der Waals surface area contributed by atoms with Gasteiger partial charge in [-0.05, 0) is 32.1 Å². The van der Waals surface area contributed by atoms with Crippen LogP contribution in [0.25, 0.3) is 0 Å². The van der Waals surface area contributed by atoms with Gasteiger partial charge < -0.3 is 16.2 Å². The first-order valence-electron chi connectivity index (χ1n) is 7.80. The minimum atomic E-state index is -0.744. The van der Waals surface area contributed by atoms with Gasteiger partial charge in [0, 0.05) is 18.0 Å². The van der Waals surface area contributed by atoms with Crippen LogP contribution in [0.15, 0.2) is 0 Å². The van der Waals surface area contributed by atoms with Crippen LogP contribution in [0, 0.1) is 5.92 Å². The van der Waals surface area contributed by atoms with E-state index >= 15 is 0 Å². The number of aliphatic carboxylic acids is 1. The van der Waals surface area contributed by atoms with Crippen molar-refractivity contribution in [3.05, 3.63) is 0 Å². The Labute approximate surface area is 120 Å². The van der Waals surface area contributed by atoms with Crippen molar-refractivity contribution in [2.75, 3.05) is 0 Å². The maximum absolute atomic E-state index is 12.1. The van der Waals surface area contributed by atoms with E-state index in [-0.39, 0.29) is 23.4 Å². The van der Waals surface area contributed by atoms with Crippen molar-refractivity contribution in [1.82, 2.24) is 5.32 Å². The van der Waals surface area contributed by atoms with Crippen LogP contribution in [0.1, 0.15) is 64.2 Å². The first-order chi connectivity index (χ1) is 9.48. The number of nitrogens with two attached hydrogens (primary N) is 1. The molecular formula is C15H26N2O3. The molecule has 5 heteroatoms. The monoisotopic (exact) mass is 282 g/mol. The van der Waals surface area contributed by atoms with Crippen LogP contribution < -0.4 is 11.1 Å². The summed E-state index contributed by atoms with van der Waals surface area (Å²) in [6.45, 7) is 0. The number of rotatable bonds is 4. The Morgan fingerprint density at radius 3 is 2.50 bits per heavy atom. The van der Waals surface area contributed by atoms with Crippen molar-refractivity contribution in [3.8, 4) is 0 Å². The third kappa shape index (κ3) is 4.20. The van der Waals surface area contributed by atoms with E-state index in [0.29, 0.717) is 12.8 Å². The second kappa shape index (κ2) is 6.57. The summed E-state index contributed by atoms with van der Waals surface area (Å²) < 4.78 is 0. The molecule has 0 spiro atoms. The van der Waals surface area contributed by atoms with E-state index in [9.17, 15) is 9.59 Å². The molecule has 2 unspecified atom stereocenters. The first-order valence-corrected chi connectivity index (χ1v) is 7.80. The van der Waals surface area contributed by atoms with E-state index in [1.54, 1.807) is 0 Å². The molecule has 0 aromatic rings. The quantitative estimate of drug-likeness (QED) is 0.733. The third-order valence-corrected chi connectivity index (χ3v) is 4.75. The lowest BCUT2D eigenvalue weighted by atomic mass is 9.79. The van der Waals surface area contributed by atoms with Crippen molar-refractivity contribution in [1.29, 1.82) is 0 Å². The number of carboxylic acids is 1. The molecule has 0 aliphatic heterocycles. The molecule has 0 heterocycles. The Balaban J connectivity index is 1.80. The van der Waals surface area contributed by atoms with Crippen molar-refractivity contribution in [2.24, 2.45) is 11.7 Å². The van der Waals surface area contributed by atoms with Crippen LogP contribution in [0.5, 0.6) is 0 Å². The molecule has 0 aromatic carbocycles. The zero-order valence-corrected chi connectivity index (χ0v) is 12.1. The fourth-order valence-electron chi connectivity index (χ4n) is 3.58. The molecule has 0 radical (unpaired) electrons. The molecule has 2 rings (SSSR count). The second-order valence-corrected chi connectivity index (χ2v) is 6.57. The topological polar surface area (TPSA) is 92.4 Å². The van der Waals surface area contributed by atoms with Crippen molar-refractivity contribution in [3.63, 3.8) is 0 Å². The molecule has 0 aromatic heterocycles. The molecule has 20 heavy (non-hydrogen) atoms. The molecule has 2 fully saturated rings. The molecule has 2 aliphatic carbocycles. The van der Waals surface area contributed by atoms with Gasteiger partial charge in [0.2, 0.25) is 5.91 Å². The summed E-state index contributed by atoms with van der Waals surface area (Å²) in [6, 6.07) is 0.00420. The number of nitrogens with one attached hydrogen (secondary N) is 1. The fraction of sp³-hybridized carbons (Fsp3) is 0.867. The second-order valence-electron chi connectivity index (χ2n) is 6.57. The van der Waals surface area contributed by atoms with Gasteiger partial charge in [0.25, 0.3) is 0 Å². The molecule has 1 amide bonds. The fourth-order valence-corrected chi connectivity index (χ4v) is 3.58. The number of hydrogen-bond acceptors (Lipinski definition) is 3. The molecule has 4 N–H and O–H groups in total. The summed E-state index contributed by atoms with van der Waals surface area (Å²) in [4.78, 5) is 23.1. The largest absolute Gasteiger partial charge is 0.481 e. The molecule has 2 aliphatic rings. The standard InChI is InChI=1S/C15H26N2O3/c16-15(7-2-1-3-8-15)10-13(18)17-12-6-4-5-11(9-12)14(19)20/h11-12H,1-10,16H2,(H,17,18)(H,19,20). The lowest BCUT2D eigenvalue weighted by Crippen LogP contribution is -2.48. The molecule has 114 valence electrons. The number of carboxylic acid groups (broad SMARTS) is 1. The van der Waals surface area contributed by atoms with Gasteiger partial charge in [-0.15, -0.1) is 0 Å². The SMILES string of the molecule is NC1(CC(=O)NC2CCCC(C(=O)O)C2)CCCCC1. The van der Waals surface area contributed by atoms with Gasteiger partial charge in [0.1, 0.15) is 0 Å². The average molecular weight is 282 g/mol. The van der Waals surface area contributed by atoms with Crippen molar-refractivity contribution < 1.29 is 14.7 Å². The van der Waals surface area contributed by atoms with Crippen LogP contribution in [0.4, 0.5) is 0 Å². The molecule has 5 nitrogen and oxygen atoms in total. The highest BCUT2D eigenvalue weighted by Gasteiger charge is 2.32. The highest BCUT2D eigenvalue weighted by molar-refractivity contribution is 5.77. The van der Waals surface area contributed by atoms with Gasteiger partial charge >= 0.3 is 5.97 Å². The van der Waals surface area contributed by atoms with Gasteiger partial charge in [-0.2, -0.15) is 0 Å². The summed E-state index contributed by atoms with van der Waals surface area (Å²) >= 11 is 0. The predicted octanol–water partition coefficient (Wildman–Crippen LogP) is 1.80. The Morgan fingerprint density at radius 2 is 1.85 bits per heavy atom. The summed E-state index contributed by atoms with van der Waals surface area (Å²) in [5.74, 6) is -1.06. The van der Waals surface area contributed by atoms with Crippen molar-refractivity contribution in [2.45, 2.75) is 75.8 Å². The van der Waals surface area contributed by atoms with E-state index in [0.717, 1.165) is 44.9 Å². The Bertz CT molecular complexity index is 364. The van der Waals surface area contributed by atoms with E-state index in [1.807, 2.05) is 0 Å². The minimum absolute atomic E-state index is 0.00420. The highest BCUT2D eigenvalue weighted by Crippen LogP contribution is 2.29. The summed E-state index contributed by atoms with van der Waals surface area (Å²) in [5, 5.41) is 12.1. The van der Waals surface area contributed by atoms with Gasteiger partial charge in [-0.3, -0.25) is 9.59 Å². The summed E-state index contributed by atoms with van der Waals surface area (Å²) in [7, 11) is 0. The first kappa shape index (κ1) is 15.3. The minimum Gasteiger partial charge on any atom is -0.481 e. The molecule has 2 saturated carbocycles. The van der Waals surface area contributed by atoms with E-state index < -0.39 is 5.97 Å². The van der Waals surface area contributed by atoms with E-state index in [4.69, 9.17) is 10.8 Å². The highest BCUT2D eigenvalue weighted by atomic mass is 16.4. The van der Waals surface area contributed by atoms with Gasteiger partial charge in [0.15, 0.2) is 0 Å². The number of carbonyl (C=O) groups excluding carboxylic acids is 1. The van der Waals surface area contributed by atoms with Crippen LogP contribution in [-0.2, 0) is 9.59 Å². The van der Waals surface area contributed by atoms with Crippen LogP contribution in [-0.4, -0.2) is 28.6 Å². The van der Waals surface area contributed by atoms with Crippen molar-refractivity contribution >= 4 is 11.9 Å². The van der Waals surface area contributed by atoms with Gasteiger partial charge in [-0.1, -0.05) is 25.7 Å². The normalized spacial score (nSPS) is 29.6. The molecular weight excluding hydrogens is 256 g/mol. The lowest BCUT2D eigenvalue weighted by Gasteiger charge is -2.34. The van der Waals surface area contributed by atoms with Gasteiger partial charge in [0.05, 0.1) is 5.92 Å². The molecule has 2 atom stereocenters. The Kier molecular flexibility index (Phi) is 5.02. The zero-order chi connectivity index (χ0) is 14.6. The van der Waals surface area contributed by atoms with Crippen LogP contribution >= 0.6 is 0 Å². The molecule has 0 saturated heterocycles. The Hall–Kier alpha value is -1.10. The van der Waals surface area contributed by atoms with Gasteiger partial charge in [-0.25, -0.2) is 0 Å².